The molecular formula is C24H21ClN2O6. The van der Waals surface area contributed by atoms with E-state index in [4.69, 9.17) is 21.1 Å². The molecule has 0 radical (unpaired) electrons. The van der Waals surface area contributed by atoms with E-state index in [0.717, 1.165) is 5.56 Å². The van der Waals surface area contributed by atoms with E-state index in [1.165, 1.54) is 18.2 Å². The van der Waals surface area contributed by atoms with Crippen LogP contribution in [0.5, 0.6) is 11.5 Å². The van der Waals surface area contributed by atoms with Crippen molar-refractivity contribution in [1.82, 2.24) is 0 Å². The minimum atomic E-state index is -0.570. The number of hydrogen-bond donors (Lipinski definition) is 1. The number of nitrogens with one attached hydrogen (secondary N) is 1. The molecule has 0 unspecified atom stereocenters. The first-order valence-corrected chi connectivity index (χ1v) is 10.4. The van der Waals surface area contributed by atoms with Crippen molar-refractivity contribution in [2.75, 3.05) is 5.32 Å². The third kappa shape index (κ3) is 6.08. The molecule has 3 aromatic rings. The SMILES string of the molecule is CCC(=O)Nc1cc(C(=O)OCc2ccc(Oc3c(Cl)cccc3[N+](=O)[O-])cc2)ccc1C. The summed E-state index contributed by atoms with van der Waals surface area (Å²) < 4.78 is 11.0. The van der Waals surface area contributed by atoms with Crippen molar-refractivity contribution in [3.05, 3.63) is 92.5 Å². The first-order chi connectivity index (χ1) is 15.8. The molecule has 1 amide bonds. The van der Waals surface area contributed by atoms with Crippen LogP contribution in [0.4, 0.5) is 11.4 Å². The fraction of sp³-hybridized carbons (Fsp3) is 0.167. The average Bonchev–Trinajstić information content (AvgIpc) is 2.80. The van der Waals surface area contributed by atoms with Crippen LogP contribution < -0.4 is 10.1 Å². The van der Waals surface area contributed by atoms with Crippen molar-refractivity contribution in [3.63, 3.8) is 0 Å². The molecule has 0 bridgehead atoms. The lowest BCUT2D eigenvalue weighted by molar-refractivity contribution is -0.385. The molecule has 0 saturated heterocycles. The van der Waals surface area contributed by atoms with Crippen molar-refractivity contribution < 1.29 is 24.0 Å². The van der Waals surface area contributed by atoms with Gasteiger partial charge in [-0.15, -0.1) is 0 Å². The average molecular weight is 469 g/mol. The number of hydrogen-bond acceptors (Lipinski definition) is 6. The Morgan fingerprint density at radius 1 is 1.09 bits per heavy atom. The Bertz CT molecular complexity index is 1190. The normalized spacial score (nSPS) is 10.4. The molecule has 0 aliphatic rings. The van der Waals surface area contributed by atoms with Gasteiger partial charge in [0, 0.05) is 18.2 Å². The third-order valence-electron chi connectivity index (χ3n) is 4.72. The second-order valence-corrected chi connectivity index (χ2v) is 7.51. The number of rotatable bonds is 8. The molecule has 0 aliphatic heterocycles. The van der Waals surface area contributed by atoms with Gasteiger partial charge in [0.1, 0.15) is 12.4 Å². The summed E-state index contributed by atoms with van der Waals surface area (Å²) >= 11 is 6.04. The smallest absolute Gasteiger partial charge is 0.338 e. The molecule has 1 N–H and O–H groups in total. The van der Waals surface area contributed by atoms with E-state index in [-0.39, 0.29) is 29.0 Å². The number of nitro benzene ring substituents is 1. The van der Waals surface area contributed by atoms with Crippen LogP contribution in [0.25, 0.3) is 0 Å². The first-order valence-electron chi connectivity index (χ1n) is 10.1. The zero-order valence-electron chi connectivity index (χ0n) is 18.0. The zero-order valence-corrected chi connectivity index (χ0v) is 18.7. The maximum atomic E-state index is 12.4. The summed E-state index contributed by atoms with van der Waals surface area (Å²) in [6, 6.07) is 15.8. The summed E-state index contributed by atoms with van der Waals surface area (Å²) in [6.45, 7) is 3.59. The highest BCUT2D eigenvalue weighted by Gasteiger charge is 2.19. The van der Waals surface area contributed by atoms with Gasteiger partial charge in [0.2, 0.25) is 11.7 Å². The van der Waals surface area contributed by atoms with Crippen molar-refractivity contribution in [2.45, 2.75) is 26.9 Å². The first kappa shape index (κ1) is 23.7. The minimum absolute atomic E-state index is 0.00980. The standard InChI is InChI=1S/C24H21ClN2O6/c1-3-22(28)26-20-13-17(10-7-15(20)2)24(29)32-14-16-8-11-18(12-9-16)33-23-19(25)5-4-6-21(23)27(30)31/h4-13H,3,14H2,1-2H3,(H,26,28). The van der Waals surface area contributed by atoms with Crippen molar-refractivity contribution in [3.8, 4) is 11.5 Å². The van der Waals surface area contributed by atoms with Gasteiger partial charge in [0.05, 0.1) is 15.5 Å². The monoisotopic (exact) mass is 468 g/mol. The maximum absolute atomic E-state index is 12.4. The Morgan fingerprint density at radius 3 is 2.48 bits per heavy atom. The molecule has 9 heteroatoms. The zero-order chi connectivity index (χ0) is 24.0. The van der Waals surface area contributed by atoms with E-state index in [1.807, 2.05) is 6.92 Å². The number of esters is 1. The van der Waals surface area contributed by atoms with Crippen LogP contribution in [0.15, 0.2) is 60.7 Å². The molecule has 0 heterocycles. The summed E-state index contributed by atoms with van der Waals surface area (Å²) in [5.74, 6) is -0.383. The van der Waals surface area contributed by atoms with Gasteiger partial charge in [-0.2, -0.15) is 0 Å². The quantitative estimate of drug-likeness (QED) is 0.245. The Morgan fingerprint density at radius 2 is 1.82 bits per heavy atom. The number of ether oxygens (including phenoxy) is 2. The highest BCUT2D eigenvalue weighted by molar-refractivity contribution is 6.32. The summed E-state index contributed by atoms with van der Waals surface area (Å²) in [6.07, 6.45) is 0.331. The van der Waals surface area contributed by atoms with Crippen LogP contribution >= 0.6 is 11.6 Å². The van der Waals surface area contributed by atoms with Crippen molar-refractivity contribution >= 4 is 34.9 Å². The van der Waals surface area contributed by atoms with Gasteiger partial charge in [-0.1, -0.05) is 42.8 Å². The molecule has 0 fully saturated rings. The number of halogens is 1. The van der Waals surface area contributed by atoms with E-state index in [2.05, 4.69) is 5.32 Å². The van der Waals surface area contributed by atoms with E-state index in [0.29, 0.717) is 29.0 Å². The lowest BCUT2D eigenvalue weighted by atomic mass is 10.1. The molecule has 170 valence electrons. The highest BCUT2D eigenvalue weighted by atomic mass is 35.5. The van der Waals surface area contributed by atoms with Gasteiger partial charge in [-0.25, -0.2) is 4.79 Å². The van der Waals surface area contributed by atoms with Gasteiger partial charge in [-0.3, -0.25) is 14.9 Å². The Labute approximate surface area is 195 Å². The second kappa shape index (κ2) is 10.6. The van der Waals surface area contributed by atoms with Crippen molar-refractivity contribution in [2.24, 2.45) is 0 Å². The third-order valence-corrected chi connectivity index (χ3v) is 5.02. The summed E-state index contributed by atoms with van der Waals surface area (Å²) in [5.41, 5.74) is 2.16. The van der Waals surface area contributed by atoms with Crippen LogP contribution in [0.1, 0.15) is 34.8 Å². The number of amides is 1. The molecule has 33 heavy (non-hydrogen) atoms. The molecule has 8 nitrogen and oxygen atoms in total. The Kier molecular flexibility index (Phi) is 7.63. The molecule has 0 atom stereocenters. The fourth-order valence-corrected chi connectivity index (χ4v) is 3.08. The molecule has 3 rings (SSSR count). The number of nitro groups is 1. The molecular weight excluding hydrogens is 448 g/mol. The number of nitrogens with zero attached hydrogens (tertiary/aromatic N) is 1. The van der Waals surface area contributed by atoms with Crippen LogP contribution in [0.3, 0.4) is 0 Å². The number of carbonyl (C=O) groups is 2. The van der Waals surface area contributed by atoms with Crippen LogP contribution in [-0.2, 0) is 16.1 Å². The minimum Gasteiger partial charge on any atom is -0.457 e. The predicted molar refractivity (Wildman–Crippen MR) is 124 cm³/mol. The Hall–Kier alpha value is -3.91. The van der Waals surface area contributed by atoms with Gasteiger partial charge in [0.25, 0.3) is 0 Å². The number of carbonyl (C=O) groups excluding carboxylic acids is 2. The predicted octanol–water partition coefficient (Wildman–Crippen LogP) is 6.05. The second-order valence-electron chi connectivity index (χ2n) is 7.10. The number of para-hydroxylation sites is 1. The van der Waals surface area contributed by atoms with Crippen LogP contribution in [-0.4, -0.2) is 16.8 Å². The molecule has 0 spiro atoms. The van der Waals surface area contributed by atoms with Crippen LogP contribution in [0.2, 0.25) is 5.02 Å². The number of aryl methyl sites for hydroxylation is 1. The topological polar surface area (TPSA) is 108 Å². The summed E-state index contributed by atoms with van der Waals surface area (Å²) in [5, 5.41) is 14.1. The number of anilines is 1. The highest BCUT2D eigenvalue weighted by Crippen LogP contribution is 2.37. The Balaban J connectivity index is 1.65. The molecule has 0 aliphatic carbocycles. The number of benzene rings is 3. The van der Waals surface area contributed by atoms with Gasteiger partial charge < -0.3 is 14.8 Å². The fourth-order valence-electron chi connectivity index (χ4n) is 2.87. The van der Waals surface area contributed by atoms with E-state index < -0.39 is 10.9 Å². The van der Waals surface area contributed by atoms with Gasteiger partial charge in [-0.05, 0) is 48.4 Å². The largest absolute Gasteiger partial charge is 0.457 e. The van der Waals surface area contributed by atoms with Gasteiger partial charge >= 0.3 is 11.7 Å². The lowest BCUT2D eigenvalue weighted by Crippen LogP contribution is -2.12. The molecule has 0 aromatic heterocycles. The van der Waals surface area contributed by atoms with E-state index in [1.54, 1.807) is 49.4 Å². The maximum Gasteiger partial charge on any atom is 0.338 e. The molecule has 0 saturated carbocycles. The van der Waals surface area contributed by atoms with Gasteiger partial charge in [0.15, 0.2) is 0 Å². The van der Waals surface area contributed by atoms with Crippen molar-refractivity contribution in [1.29, 1.82) is 0 Å². The van der Waals surface area contributed by atoms with E-state index >= 15 is 0 Å². The van der Waals surface area contributed by atoms with Crippen LogP contribution in [0, 0.1) is 17.0 Å². The van der Waals surface area contributed by atoms with E-state index in [9.17, 15) is 19.7 Å². The summed E-state index contributed by atoms with van der Waals surface area (Å²) in [7, 11) is 0. The summed E-state index contributed by atoms with van der Waals surface area (Å²) in [4.78, 5) is 34.7. The molecule has 3 aromatic carbocycles. The lowest BCUT2D eigenvalue weighted by Gasteiger charge is -2.11.